The molecule has 0 radical (unpaired) electrons. The Hall–Kier alpha value is -3.28. The van der Waals surface area contributed by atoms with Crippen molar-refractivity contribution in [2.45, 2.75) is 19.9 Å². The Morgan fingerprint density at radius 2 is 1.88 bits per heavy atom. The Labute approximate surface area is 152 Å². The van der Waals surface area contributed by atoms with Crippen molar-refractivity contribution in [1.29, 1.82) is 0 Å². The molecule has 0 aliphatic carbocycles. The van der Waals surface area contributed by atoms with Crippen LogP contribution in [0.2, 0.25) is 0 Å². The molecule has 6 heteroatoms. The van der Waals surface area contributed by atoms with Gasteiger partial charge in [0.1, 0.15) is 11.6 Å². The smallest absolute Gasteiger partial charge is 0.349 e. The van der Waals surface area contributed by atoms with Gasteiger partial charge >= 0.3 is 5.69 Å². The first-order valence-electron chi connectivity index (χ1n) is 8.45. The van der Waals surface area contributed by atoms with Crippen LogP contribution < -0.4 is 21.9 Å². The molecule has 0 bridgehead atoms. The maximum absolute atomic E-state index is 12.1. The van der Waals surface area contributed by atoms with Gasteiger partial charge in [-0.15, -0.1) is 0 Å². The minimum absolute atomic E-state index is 0.215. The molecule has 0 aliphatic heterocycles. The molecule has 0 saturated carbocycles. The predicted molar refractivity (Wildman–Crippen MR) is 104 cm³/mol. The number of hydrogen-bond donors (Lipinski definition) is 2. The zero-order valence-electron chi connectivity index (χ0n) is 14.7. The molecular formula is C20H22N4O2. The molecule has 0 atom stereocenters. The van der Waals surface area contributed by atoms with Crippen molar-refractivity contribution >= 4 is 11.5 Å². The highest BCUT2D eigenvalue weighted by atomic mass is 16.5. The van der Waals surface area contributed by atoms with Gasteiger partial charge in [0.2, 0.25) is 0 Å². The molecule has 0 amide bonds. The van der Waals surface area contributed by atoms with Crippen LogP contribution in [0.1, 0.15) is 12.0 Å². The van der Waals surface area contributed by atoms with E-state index in [4.69, 9.17) is 16.2 Å². The fourth-order valence-electron chi connectivity index (χ4n) is 2.68. The molecule has 3 aromatic rings. The minimum atomic E-state index is -0.364. The van der Waals surface area contributed by atoms with Gasteiger partial charge in [-0.2, -0.15) is 4.98 Å². The normalized spacial score (nSPS) is 10.7. The lowest BCUT2D eigenvalue weighted by atomic mass is 10.1. The van der Waals surface area contributed by atoms with Gasteiger partial charge in [-0.1, -0.05) is 24.3 Å². The zero-order chi connectivity index (χ0) is 18.5. The van der Waals surface area contributed by atoms with E-state index < -0.39 is 0 Å². The highest BCUT2D eigenvalue weighted by Crippen LogP contribution is 2.23. The van der Waals surface area contributed by atoms with E-state index in [1.807, 2.05) is 43.3 Å². The molecule has 0 fully saturated rings. The van der Waals surface area contributed by atoms with E-state index in [-0.39, 0.29) is 11.5 Å². The fourth-order valence-corrected chi connectivity index (χ4v) is 2.68. The van der Waals surface area contributed by atoms with Crippen LogP contribution in [0, 0.1) is 6.92 Å². The Bertz CT molecular complexity index is 949. The second kappa shape index (κ2) is 7.74. The van der Waals surface area contributed by atoms with Crippen molar-refractivity contribution < 1.29 is 4.74 Å². The summed E-state index contributed by atoms with van der Waals surface area (Å²) in [7, 11) is 0. The van der Waals surface area contributed by atoms with Crippen molar-refractivity contribution in [2.24, 2.45) is 0 Å². The van der Waals surface area contributed by atoms with Gasteiger partial charge in [-0.05, 0) is 48.7 Å². The van der Waals surface area contributed by atoms with Crippen LogP contribution in [0.4, 0.5) is 11.5 Å². The van der Waals surface area contributed by atoms with E-state index >= 15 is 0 Å². The number of hydrogen-bond acceptors (Lipinski definition) is 5. The highest BCUT2D eigenvalue weighted by molar-refractivity contribution is 5.73. The summed E-state index contributed by atoms with van der Waals surface area (Å²) in [5.74, 6) is 1.04. The molecule has 1 heterocycles. The first kappa shape index (κ1) is 17.5. The average molecular weight is 350 g/mol. The van der Waals surface area contributed by atoms with Gasteiger partial charge in [-0.3, -0.25) is 4.57 Å². The standard InChI is InChI=1S/C20H22N4O2/c1-14-4-2-5-17(12-14)26-11-3-10-24-13-18(19(22)23-20(24)25)15-6-8-16(21)9-7-15/h2,4-9,12-13H,3,10-11,21H2,1H3,(H2,22,23,25). The number of benzene rings is 2. The van der Waals surface area contributed by atoms with Gasteiger partial charge in [0, 0.05) is 24.0 Å². The first-order chi connectivity index (χ1) is 12.5. The van der Waals surface area contributed by atoms with Crippen LogP contribution in [-0.2, 0) is 6.54 Å². The number of nitrogen functional groups attached to an aromatic ring is 2. The Morgan fingerprint density at radius 3 is 2.62 bits per heavy atom. The van der Waals surface area contributed by atoms with Crippen LogP contribution in [-0.4, -0.2) is 16.2 Å². The number of anilines is 2. The van der Waals surface area contributed by atoms with Crippen molar-refractivity contribution in [3.63, 3.8) is 0 Å². The summed E-state index contributed by atoms with van der Waals surface area (Å²) < 4.78 is 7.28. The zero-order valence-corrected chi connectivity index (χ0v) is 14.7. The SMILES string of the molecule is Cc1cccc(OCCCn2cc(-c3ccc(N)cc3)c(N)nc2=O)c1. The number of rotatable bonds is 6. The lowest BCUT2D eigenvalue weighted by molar-refractivity contribution is 0.300. The van der Waals surface area contributed by atoms with Gasteiger partial charge < -0.3 is 16.2 Å². The summed E-state index contributed by atoms with van der Waals surface area (Å²) in [6.07, 6.45) is 2.42. The quantitative estimate of drug-likeness (QED) is 0.526. The molecule has 134 valence electrons. The van der Waals surface area contributed by atoms with Crippen LogP contribution in [0.25, 0.3) is 11.1 Å². The summed E-state index contributed by atoms with van der Waals surface area (Å²) in [5, 5.41) is 0. The summed E-state index contributed by atoms with van der Waals surface area (Å²) in [5.41, 5.74) is 14.7. The summed E-state index contributed by atoms with van der Waals surface area (Å²) >= 11 is 0. The van der Waals surface area contributed by atoms with Crippen molar-refractivity contribution in [1.82, 2.24) is 9.55 Å². The van der Waals surface area contributed by atoms with E-state index in [0.29, 0.717) is 30.8 Å². The molecule has 3 rings (SSSR count). The van der Waals surface area contributed by atoms with Gasteiger partial charge in [0.25, 0.3) is 0 Å². The summed E-state index contributed by atoms with van der Waals surface area (Å²) in [6, 6.07) is 15.2. The van der Waals surface area contributed by atoms with E-state index in [1.165, 1.54) is 0 Å². The maximum atomic E-state index is 12.1. The van der Waals surface area contributed by atoms with E-state index in [0.717, 1.165) is 16.9 Å². The van der Waals surface area contributed by atoms with Crippen LogP contribution in [0.5, 0.6) is 5.75 Å². The van der Waals surface area contributed by atoms with Gasteiger partial charge in [-0.25, -0.2) is 4.79 Å². The highest BCUT2D eigenvalue weighted by Gasteiger charge is 2.08. The maximum Gasteiger partial charge on any atom is 0.349 e. The van der Waals surface area contributed by atoms with Crippen LogP contribution in [0.3, 0.4) is 0 Å². The summed E-state index contributed by atoms with van der Waals surface area (Å²) in [6.45, 7) is 3.03. The third kappa shape index (κ3) is 4.22. The minimum Gasteiger partial charge on any atom is -0.494 e. The molecule has 2 aromatic carbocycles. The lowest BCUT2D eigenvalue weighted by Crippen LogP contribution is -2.25. The molecule has 0 spiro atoms. The van der Waals surface area contributed by atoms with Crippen molar-refractivity contribution in [3.8, 4) is 16.9 Å². The van der Waals surface area contributed by atoms with E-state index in [9.17, 15) is 4.79 Å². The van der Waals surface area contributed by atoms with Gasteiger partial charge in [0.05, 0.1) is 6.61 Å². The van der Waals surface area contributed by atoms with E-state index in [2.05, 4.69) is 4.98 Å². The third-order valence-electron chi connectivity index (χ3n) is 4.05. The van der Waals surface area contributed by atoms with E-state index in [1.54, 1.807) is 22.9 Å². The first-order valence-corrected chi connectivity index (χ1v) is 8.45. The second-order valence-corrected chi connectivity index (χ2v) is 6.16. The molecule has 26 heavy (non-hydrogen) atoms. The largest absolute Gasteiger partial charge is 0.494 e. The number of nitrogens with two attached hydrogens (primary N) is 2. The third-order valence-corrected chi connectivity index (χ3v) is 4.05. The van der Waals surface area contributed by atoms with Crippen LogP contribution >= 0.6 is 0 Å². The second-order valence-electron chi connectivity index (χ2n) is 6.16. The number of aryl methyl sites for hydroxylation is 2. The topological polar surface area (TPSA) is 96.2 Å². The van der Waals surface area contributed by atoms with Gasteiger partial charge in [0.15, 0.2) is 0 Å². The number of nitrogens with zero attached hydrogens (tertiary/aromatic N) is 2. The van der Waals surface area contributed by atoms with Crippen LogP contribution in [0.15, 0.2) is 59.5 Å². The average Bonchev–Trinajstić information content (AvgIpc) is 2.61. The Morgan fingerprint density at radius 1 is 1.12 bits per heavy atom. The number of aromatic nitrogens is 2. The number of ether oxygens (including phenoxy) is 1. The fraction of sp³-hybridized carbons (Fsp3) is 0.200. The van der Waals surface area contributed by atoms with Crippen molar-refractivity contribution in [3.05, 3.63) is 70.8 Å². The lowest BCUT2D eigenvalue weighted by Gasteiger charge is -2.11. The molecule has 1 aromatic heterocycles. The molecule has 0 unspecified atom stereocenters. The predicted octanol–water partition coefficient (Wildman–Crippen LogP) is 2.85. The molecule has 0 saturated heterocycles. The summed E-state index contributed by atoms with van der Waals surface area (Å²) in [4.78, 5) is 16.0. The Kier molecular flexibility index (Phi) is 5.22. The molecule has 4 N–H and O–H groups in total. The molecule has 6 nitrogen and oxygen atoms in total. The monoisotopic (exact) mass is 350 g/mol. The van der Waals surface area contributed by atoms with Crippen molar-refractivity contribution in [2.75, 3.05) is 18.1 Å². The molecular weight excluding hydrogens is 328 g/mol. The molecule has 0 aliphatic rings. The Balaban J connectivity index is 1.68.